The summed E-state index contributed by atoms with van der Waals surface area (Å²) in [6.07, 6.45) is 3.95. The summed E-state index contributed by atoms with van der Waals surface area (Å²) in [7, 11) is 1.57. The maximum atomic E-state index is 12.0. The number of benzene rings is 1. The summed E-state index contributed by atoms with van der Waals surface area (Å²) in [4.78, 5) is 12.0. The minimum atomic E-state index is -0.292. The topological polar surface area (TPSA) is 58.6 Å². The van der Waals surface area contributed by atoms with E-state index in [4.69, 9.17) is 16.3 Å². The van der Waals surface area contributed by atoms with Gasteiger partial charge in [0.05, 0.1) is 19.6 Å². The SMILES string of the molecule is COc1ccc(Cl)cc1CC(=O)NCC1CCCCC1O. The van der Waals surface area contributed by atoms with Crippen molar-refractivity contribution in [2.75, 3.05) is 13.7 Å². The van der Waals surface area contributed by atoms with Gasteiger partial charge in [-0.3, -0.25) is 4.79 Å². The molecule has 1 aromatic rings. The average molecular weight is 312 g/mol. The zero-order valence-corrected chi connectivity index (χ0v) is 13.0. The maximum absolute atomic E-state index is 12.0. The lowest BCUT2D eigenvalue weighted by atomic mass is 9.86. The molecule has 116 valence electrons. The number of aliphatic hydroxyl groups excluding tert-OH is 1. The highest BCUT2D eigenvalue weighted by Crippen LogP contribution is 2.24. The Morgan fingerprint density at radius 1 is 1.43 bits per heavy atom. The molecule has 2 N–H and O–H groups in total. The minimum absolute atomic E-state index is 0.0756. The van der Waals surface area contributed by atoms with Gasteiger partial charge in [0.25, 0.3) is 0 Å². The Kier molecular flexibility index (Phi) is 5.88. The molecule has 0 heterocycles. The number of rotatable bonds is 5. The van der Waals surface area contributed by atoms with E-state index in [1.165, 1.54) is 0 Å². The number of methoxy groups -OCH3 is 1. The second-order valence-corrected chi connectivity index (χ2v) is 5.99. The molecule has 0 bridgehead atoms. The molecule has 0 spiro atoms. The van der Waals surface area contributed by atoms with Gasteiger partial charge in [-0.05, 0) is 31.0 Å². The van der Waals surface area contributed by atoms with Gasteiger partial charge in [-0.25, -0.2) is 0 Å². The molecule has 21 heavy (non-hydrogen) atoms. The fraction of sp³-hybridized carbons (Fsp3) is 0.562. The van der Waals surface area contributed by atoms with Crippen molar-refractivity contribution >= 4 is 17.5 Å². The van der Waals surface area contributed by atoms with Crippen LogP contribution in [0.4, 0.5) is 0 Å². The quantitative estimate of drug-likeness (QED) is 0.878. The van der Waals surface area contributed by atoms with Crippen molar-refractivity contribution < 1.29 is 14.6 Å². The number of ether oxygens (including phenoxy) is 1. The van der Waals surface area contributed by atoms with E-state index in [9.17, 15) is 9.90 Å². The first-order valence-corrected chi connectivity index (χ1v) is 7.75. The standard InChI is InChI=1S/C16H22ClNO3/c1-21-15-7-6-13(17)8-12(15)9-16(20)18-10-11-4-2-3-5-14(11)19/h6-8,11,14,19H,2-5,9-10H2,1H3,(H,18,20). The zero-order valence-electron chi connectivity index (χ0n) is 12.3. The van der Waals surface area contributed by atoms with E-state index in [2.05, 4.69) is 5.32 Å². The summed E-state index contributed by atoms with van der Waals surface area (Å²) in [5, 5.41) is 13.4. The molecule has 0 radical (unpaired) electrons. The summed E-state index contributed by atoms with van der Waals surface area (Å²) in [6.45, 7) is 0.531. The van der Waals surface area contributed by atoms with Crippen molar-refractivity contribution in [2.24, 2.45) is 5.92 Å². The second-order valence-electron chi connectivity index (χ2n) is 5.55. The molecule has 2 atom stereocenters. The molecule has 0 aromatic heterocycles. The van der Waals surface area contributed by atoms with Crippen LogP contribution < -0.4 is 10.1 Å². The fourth-order valence-electron chi connectivity index (χ4n) is 2.79. The van der Waals surface area contributed by atoms with Crippen LogP contribution in [0.15, 0.2) is 18.2 Å². The molecule has 1 saturated carbocycles. The first kappa shape index (κ1) is 16.1. The van der Waals surface area contributed by atoms with Crippen molar-refractivity contribution in [2.45, 2.75) is 38.2 Å². The van der Waals surface area contributed by atoms with Crippen LogP contribution in [0.5, 0.6) is 5.75 Å². The minimum Gasteiger partial charge on any atom is -0.496 e. The monoisotopic (exact) mass is 311 g/mol. The van der Waals surface area contributed by atoms with Gasteiger partial charge in [0.1, 0.15) is 5.75 Å². The molecular formula is C16H22ClNO3. The number of carbonyl (C=O) groups excluding carboxylic acids is 1. The molecule has 5 heteroatoms. The Bertz CT molecular complexity index is 492. The summed E-state index contributed by atoms with van der Waals surface area (Å²) in [5.41, 5.74) is 0.770. The molecular weight excluding hydrogens is 290 g/mol. The number of hydrogen-bond donors (Lipinski definition) is 2. The fourth-order valence-corrected chi connectivity index (χ4v) is 2.99. The van der Waals surface area contributed by atoms with Gasteiger partial charge in [0, 0.05) is 23.0 Å². The number of hydrogen-bond acceptors (Lipinski definition) is 3. The van der Waals surface area contributed by atoms with Gasteiger partial charge >= 0.3 is 0 Å². The molecule has 1 fully saturated rings. The van der Waals surface area contributed by atoms with E-state index >= 15 is 0 Å². The number of amides is 1. The Morgan fingerprint density at radius 3 is 2.90 bits per heavy atom. The molecule has 2 rings (SSSR count). The highest BCUT2D eigenvalue weighted by atomic mass is 35.5. The summed E-state index contributed by atoms with van der Waals surface area (Å²) >= 11 is 5.95. The Labute approximate surface area is 130 Å². The van der Waals surface area contributed by atoms with Crippen molar-refractivity contribution in [1.82, 2.24) is 5.32 Å². The van der Waals surface area contributed by atoms with E-state index in [1.807, 2.05) is 0 Å². The second kappa shape index (κ2) is 7.66. The molecule has 0 aliphatic heterocycles. The van der Waals surface area contributed by atoms with E-state index in [0.29, 0.717) is 17.3 Å². The van der Waals surface area contributed by atoms with Crippen LogP contribution in [0.25, 0.3) is 0 Å². The molecule has 1 aromatic carbocycles. The Balaban J connectivity index is 1.88. The predicted octanol–water partition coefficient (Wildman–Crippen LogP) is 2.56. The zero-order chi connectivity index (χ0) is 15.2. The van der Waals surface area contributed by atoms with Gasteiger partial charge in [-0.1, -0.05) is 24.4 Å². The first-order chi connectivity index (χ1) is 10.1. The van der Waals surface area contributed by atoms with Crippen LogP contribution in [-0.2, 0) is 11.2 Å². The van der Waals surface area contributed by atoms with Crippen LogP contribution in [0, 0.1) is 5.92 Å². The first-order valence-electron chi connectivity index (χ1n) is 7.37. The average Bonchev–Trinajstić information content (AvgIpc) is 2.47. The van der Waals surface area contributed by atoms with Gasteiger partial charge in [0.15, 0.2) is 0 Å². The van der Waals surface area contributed by atoms with Crippen LogP contribution >= 0.6 is 11.6 Å². The third-order valence-corrected chi connectivity index (χ3v) is 4.26. The van der Waals surface area contributed by atoms with E-state index in [0.717, 1.165) is 31.2 Å². The lowest BCUT2D eigenvalue weighted by Gasteiger charge is -2.27. The van der Waals surface area contributed by atoms with Gasteiger partial charge in [-0.2, -0.15) is 0 Å². The van der Waals surface area contributed by atoms with E-state index in [-0.39, 0.29) is 24.3 Å². The van der Waals surface area contributed by atoms with E-state index < -0.39 is 0 Å². The molecule has 1 aliphatic rings. The van der Waals surface area contributed by atoms with Gasteiger partial charge in [-0.15, -0.1) is 0 Å². The summed E-state index contributed by atoms with van der Waals surface area (Å²) in [5.74, 6) is 0.754. The lowest BCUT2D eigenvalue weighted by molar-refractivity contribution is -0.120. The maximum Gasteiger partial charge on any atom is 0.224 e. The highest BCUT2D eigenvalue weighted by Gasteiger charge is 2.23. The number of aliphatic hydroxyl groups is 1. The van der Waals surface area contributed by atoms with Crippen LogP contribution in [0.2, 0.25) is 5.02 Å². The van der Waals surface area contributed by atoms with Gasteiger partial charge in [0.2, 0.25) is 5.91 Å². The molecule has 1 amide bonds. The Morgan fingerprint density at radius 2 is 2.19 bits per heavy atom. The number of nitrogens with one attached hydrogen (secondary N) is 1. The number of carbonyl (C=O) groups is 1. The van der Waals surface area contributed by atoms with Crippen molar-refractivity contribution in [3.8, 4) is 5.75 Å². The summed E-state index contributed by atoms with van der Waals surface area (Å²) < 4.78 is 5.23. The van der Waals surface area contributed by atoms with Crippen LogP contribution in [-0.4, -0.2) is 30.8 Å². The van der Waals surface area contributed by atoms with Crippen LogP contribution in [0.1, 0.15) is 31.2 Å². The highest BCUT2D eigenvalue weighted by molar-refractivity contribution is 6.30. The third kappa shape index (κ3) is 4.61. The normalized spacial score (nSPS) is 21.9. The lowest BCUT2D eigenvalue weighted by Crippen LogP contribution is -2.37. The number of halogens is 1. The largest absolute Gasteiger partial charge is 0.496 e. The van der Waals surface area contributed by atoms with Crippen molar-refractivity contribution in [3.05, 3.63) is 28.8 Å². The smallest absolute Gasteiger partial charge is 0.224 e. The van der Waals surface area contributed by atoms with Crippen molar-refractivity contribution in [3.63, 3.8) is 0 Å². The molecule has 1 aliphatic carbocycles. The van der Waals surface area contributed by atoms with Gasteiger partial charge < -0.3 is 15.2 Å². The van der Waals surface area contributed by atoms with E-state index in [1.54, 1.807) is 25.3 Å². The Hall–Kier alpha value is -1.26. The third-order valence-electron chi connectivity index (χ3n) is 4.02. The van der Waals surface area contributed by atoms with Crippen LogP contribution in [0.3, 0.4) is 0 Å². The molecule has 0 saturated heterocycles. The molecule has 2 unspecified atom stereocenters. The molecule has 4 nitrogen and oxygen atoms in total. The summed E-state index contributed by atoms with van der Waals surface area (Å²) in [6, 6.07) is 5.24. The predicted molar refractivity (Wildman–Crippen MR) is 82.7 cm³/mol. The van der Waals surface area contributed by atoms with Crippen molar-refractivity contribution in [1.29, 1.82) is 0 Å².